The SMILES string of the molecule is Cc1cccc(C)c1O[C@@H](CC1CC1)C(=O)Nc1ccc(N2CCN[C@@H](C)C2)cc1-c1nn[nH]n1. The predicted molar refractivity (Wildman–Crippen MR) is 136 cm³/mol. The van der Waals surface area contributed by atoms with Gasteiger partial charge in [0.05, 0.1) is 5.69 Å². The van der Waals surface area contributed by atoms with E-state index in [1.54, 1.807) is 0 Å². The Balaban J connectivity index is 1.41. The Hall–Kier alpha value is -3.46. The molecule has 1 saturated carbocycles. The molecule has 3 N–H and O–H groups in total. The number of nitrogens with one attached hydrogen (secondary N) is 3. The maximum absolute atomic E-state index is 13.5. The highest BCUT2D eigenvalue weighted by atomic mass is 16.5. The number of hydrogen-bond donors (Lipinski definition) is 3. The average Bonchev–Trinajstić information content (AvgIpc) is 3.50. The minimum absolute atomic E-state index is 0.159. The van der Waals surface area contributed by atoms with Gasteiger partial charge in [-0.3, -0.25) is 4.79 Å². The standard InChI is InChI=1S/C26H33N7O2/c1-16-5-4-6-17(2)24(16)35-23(13-19-7-8-19)26(34)28-22-10-9-20(33-12-11-27-18(3)15-33)14-21(22)25-29-31-32-30-25/h4-6,9-10,14,18-19,23,27H,7-8,11-13,15H2,1-3H3,(H,28,34)(H,29,30,31,32)/t18-,23-/m0/s1. The number of benzene rings is 2. The lowest BCUT2D eigenvalue weighted by atomic mass is 10.1. The van der Waals surface area contributed by atoms with E-state index in [1.807, 2.05) is 50.2 Å². The van der Waals surface area contributed by atoms with Crippen LogP contribution >= 0.6 is 0 Å². The molecule has 0 unspecified atom stereocenters. The van der Waals surface area contributed by atoms with Gasteiger partial charge in [-0.15, -0.1) is 10.2 Å². The molecule has 35 heavy (non-hydrogen) atoms. The van der Waals surface area contributed by atoms with Crippen molar-refractivity contribution in [3.63, 3.8) is 0 Å². The summed E-state index contributed by atoms with van der Waals surface area (Å²) in [6.07, 6.45) is 2.42. The predicted octanol–water partition coefficient (Wildman–Crippen LogP) is 3.47. The molecule has 0 bridgehead atoms. The molecule has 0 radical (unpaired) electrons. The van der Waals surface area contributed by atoms with E-state index in [0.29, 0.717) is 29.9 Å². The summed E-state index contributed by atoms with van der Waals surface area (Å²) in [5, 5.41) is 21.2. The molecule has 1 amide bonds. The number of anilines is 2. The maximum Gasteiger partial charge on any atom is 0.265 e. The number of nitrogens with zero attached hydrogens (tertiary/aromatic N) is 4. The number of carbonyl (C=O) groups is 1. The summed E-state index contributed by atoms with van der Waals surface area (Å²) in [4.78, 5) is 15.9. The van der Waals surface area contributed by atoms with E-state index in [-0.39, 0.29) is 5.91 Å². The normalized spacial score (nSPS) is 18.8. The van der Waals surface area contributed by atoms with Crippen LogP contribution in [0.25, 0.3) is 11.4 Å². The van der Waals surface area contributed by atoms with E-state index in [2.05, 4.69) is 43.1 Å². The zero-order valence-electron chi connectivity index (χ0n) is 20.5. The molecule has 3 aromatic rings. The van der Waals surface area contributed by atoms with Crippen molar-refractivity contribution in [1.82, 2.24) is 25.9 Å². The van der Waals surface area contributed by atoms with Crippen molar-refractivity contribution in [3.05, 3.63) is 47.5 Å². The summed E-state index contributed by atoms with van der Waals surface area (Å²) in [6, 6.07) is 12.4. The van der Waals surface area contributed by atoms with E-state index >= 15 is 0 Å². The third-order valence-corrected chi connectivity index (χ3v) is 6.79. The summed E-state index contributed by atoms with van der Waals surface area (Å²) < 4.78 is 6.35. The third-order valence-electron chi connectivity index (χ3n) is 6.79. The molecule has 1 aliphatic carbocycles. The topological polar surface area (TPSA) is 108 Å². The number of aromatic nitrogens is 4. The molecular formula is C26H33N7O2. The van der Waals surface area contributed by atoms with Crippen molar-refractivity contribution in [2.45, 2.75) is 52.2 Å². The molecule has 9 nitrogen and oxygen atoms in total. The summed E-state index contributed by atoms with van der Waals surface area (Å²) in [5.74, 6) is 1.60. The largest absolute Gasteiger partial charge is 0.480 e. The van der Waals surface area contributed by atoms with Crippen LogP contribution in [-0.2, 0) is 4.79 Å². The van der Waals surface area contributed by atoms with Crippen molar-refractivity contribution in [2.24, 2.45) is 5.92 Å². The van der Waals surface area contributed by atoms with Gasteiger partial charge in [0.2, 0.25) is 5.82 Å². The first kappa shape index (κ1) is 23.3. The first-order valence-electron chi connectivity index (χ1n) is 12.4. The molecule has 0 spiro atoms. The first-order chi connectivity index (χ1) is 17.0. The highest BCUT2D eigenvalue weighted by molar-refractivity contribution is 5.98. The van der Waals surface area contributed by atoms with Gasteiger partial charge in [-0.2, -0.15) is 5.21 Å². The number of tetrazole rings is 1. The van der Waals surface area contributed by atoms with Crippen LogP contribution in [0.2, 0.25) is 0 Å². The van der Waals surface area contributed by atoms with Gasteiger partial charge in [-0.05, 0) is 67.6 Å². The van der Waals surface area contributed by atoms with Gasteiger partial charge in [-0.1, -0.05) is 31.0 Å². The number of aromatic amines is 1. The Labute approximate surface area is 205 Å². The van der Waals surface area contributed by atoms with E-state index in [9.17, 15) is 4.79 Å². The lowest BCUT2D eigenvalue weighted by Crippen LogP contribution is -2.49. The van der Waals surface area contributed by atoms with Crippen LogP contribution < -0.4 is 20.3 Å². The molecule has 1 aromatic heterocycles. The lowest BCUT2D eigenvalue weighted by Gasteiger charge is -2.34. The minimum Gasteiger partial charge on any atom is -0.480 e. The van der Waals surface area contributed by atoms with Crippen molar-refractivity contribution in [2.75, 3.05) is 29.9 Å². The number of aryl methyl sites for hydroxylation is 2. The van der Waals surface area contributed by atoms with Gasteiger partial charge in [0.1, 0.15) is 5.75 Å². The van der Waals surface area contributed by atoms with Gasteiger partial charge in [0.15, 0.2) is 6.10 Å². The number of amides is 1. The zero-order chi connectivity index (χ0) is 24.4. The number of piperazine rings is 1. The molecule has 1 saturated heterocycles. The van der Waals surface area contributed by atoms with Crippen LogP contribution in [0.3, 0.4) is 0 Å². The van der Waals surface area contributed by atoms with Crippen LogP contribution in [0, 0.1) is 19.8 Å². The van der Waals surface area contributed by atoms with E-state index in [4.69, 9.17) is 4.74 Å². The quantitative estimate of drug-likeness (QED) is 0.458. The molecule has 2 aliphatic rings. The summed E-state index contributed by atoms with van der Waals surface area (Å²) in [7, 11) is 0. The van der Waals surface area contributed by atoms with E-state index in [0.717, 1.165) is 60.6 Å². The smallest absolute Gasteiger partial charge is 0.265 e. The molecule has 184 valence electrons. The molecular weight excluding hydrogens is 442 g/mol. The van der Waals surface area contributed by atoms with Gasteiger partial charge in [0.25, 0.3) is 5.91 Å². The van der Waals surface area contributed by atoms with Gasteiger partial charge in [-0.25, -0.2) is 0 Å². The Morgan fingerprint density at radius 1 is 1.23 bits per heavy atom. The first-order valence-corrected chi connectivity index (χ1v) is 12.4. The number of rotatable bonds is 8. The monoisotopic (exact) mass is 475 g/mol. The molecule has 2 atom stereocenters. The summed E-state index contributed by atoms with van der Waals surface area (Å²) in [5.41, 5.74) is 4.50. The average molecular weight is 476 g/mol. The second kappa shape index (κ2) is 10.0. The molecule has 2 heterocycles. The van der Waals surface area contributed by atoms with Crippen LogP contribution in [-0.4, -0.2) is 58.3 Å². The number of hydrogen-bond acceptors (Lipinski definition) is 7. The van der Waals surface area contributed by atoms with Crippen molar-refractivity contribution >= 4 is 17.3 Å². The summed E-state index contributed by atoms with van der Waals surface area (Å²) >= 11 is 0. The van der Waals surface area contributed by atoms with Gasteiger partial charge in [0, 0.05) is 36.9 Å². The Morgan fingerprint density at radius 2 is 2.03 bits per heavy atom. The van der Waals surface area contributed by atoms with Gasteiger partial charge < -0.3 is 20.3 Å². The molecule has 2 fully saturated rings. The molecule has 5 rings (SSSR count). The highest BCUT2D eigenvalue weighted by Gasteiger charge is 2.32. The van der Waals surface area contributed by atoms with Gasteiger partial charge >= 0.3 is 0 Å². The minimum atomic E-state index is -0.575. The Kier molecular flexibility index (Phi) is 6.68. The maximum atomic E-state index is 13.5. The summed E-state index contributed by atoms with van der Waals surface area (Å²) in [6.45, 7) is 8.95. The van der Waals surface area contributed by atoms with E-state index < -0.39 is 6.10 Å². The second-order valence-corrected chi connectivity index (χ2v) is 9.76. The number of para-hydroxylation sites is 1. The zero-order valence-corrected chi connectivity index (χ0v) is 20.5. The molecule has 9 heteroatoms. The highest BCUT2D eigenvalue weighted by Crippen LogP contribution is 2.36. The fraction of sp³-hybridized carbons (Fsp3) is 0.462. The van der Waals surface area contributed by atoms with E-state index in [1.165, 1.54) is 0 Å². The lowest BCUT2D eigenvalue weighted by molar-refractivity contribution is -0.123. The Bertz CT molecular complexity index is 1160. The van der Waals surface area contributed by atoms with Crippen molar-refractivity contribution < 1.29 is 9.53 Å². The number of carbonyl (C=O) groups excluding carboxylic acids is 1. The van der Waals surface area contributed by atoms with Crippen molar-refractivity contribution in [3.8, 4) is 17.1 Å². The molecule has 2 aromatic carbocycles. The van der Waals surface area contributed by atoms with Crippen molar-refractivity contribution in [1.29, 1.82) is 0 Å². The number of H-pyrrole nitrogens is 1. The fourth-order valence-electron chi connectivity index (χ4n) is 4.67. The van der Waals surface area contributed by atoms with Crippen LogP contribution in [0.5, 0.6) is 5.75 Å². The second-order valence-electron chi connectivity index (χ2n) is 9.76. The fourth-order valence-corrected chi connectivity index (χ4v) is 4.67. The van der Waals surface area contributed by atoms with Crippen LogP contribution in [0.1, 0.15) is 37.3 Å². The van der Waals surface area contributed by atoms with Crippen LogP contribution in [0.4, 0.5) is 11.4 Å². The van der Waals surface area contributed by atoms with Crippen LogP contribution in [0.15, 0.2) is 36.4 Å². The Morgan fingerprint density at radius 3 is 2.71 bits per heavy atom. The third kappa shape index (κ3) is 5.45. The molecule has 1 aliphatic heterocycles. The number of ether oxygens (including phenoxy) is 1.